The smallest absolute Gasteiger partial charge is 0.212 e. The third-order valence-electron chi connectivity index (χ3n) is 6.89. The Bertz CT molecular complexity index is 1020. The van der Waals surface area contributed by atoms with Crippen molar-refractivity contribution in [3.05, 3.63) is 70.5 Å². The standard InChI is InChI=1S/C24H29FN2O2S/c25-23-13-19-14-24(27-9-4-10-27)22(11-17-5-2-1-3-6-17)21(19)12-20(23)15-26-30(28,29)16-18-7-8-18/h1-3,5-6,12-13,18,22,24,26H,4,7-11,14-16H2. The van der Waals surface area contributed by atoms with Crippen molar-refractivity contribution in [3.63, 3.8) is 0 Å². The van der Waals surface area contributed by atoms with Gasteiger partial charge >= 0.3 is 0 Å². The van der Waals surface area contributed by atoms with E-state index in [2.05, 4.69) is 33.9 Å². The summed E-state index contributed by atoms with van der Waals surface area (Å²) in [5.74, 6) is 0.448. The van der Waals surface area contributed by atoms with E-state index in [0.29, 0.717) is 17.5 Å². The van der Waals surface area contributed by atoms with E-state index >= 15 is 0 Å². The van der Waals surface area contributed by atoms with Crippen LogP contribution in [-0.4, -0.2) is 38.2 Å². The normalized spacial score (nSPS) is 23.9. The molecule has 0 spiro atoms. The Morgan fingerprint density at radius 3 is 2.53 bits per heavy atom. The van der Waals surface area contributed by atoms with E-state index in [1.54, 1.807) is 6.07 Å². The van der Waals surface area contributed by atoms with Crippen molar-refractivity contribution in [2.75, 3.05) is 18.8 Å². The number of sulfonamides is 1. The van der Waals surface area contributed by atoms with Gasteiger partial charge in [0, 0.05) is 24.1 Å². The Morgan fingerprint density at radius 1 is 1.10 bits per heavy atom. The van der Waals surface area contributed by atoms with E-state index in [-0.39, 0.29) is 24.0 Å². The molecule has 1 saturated carbocycles. The highest BCUT2D eigenvalue weighted by molar-refractivity contribution is 7.89. The third kappa shape index (κ3) is 4.32. The van der Waals surface area contributed by atoms with Crippen LogP contribution in [0.25, 0.3) is 0 Å². The van der Waals surface area contributed by atoms with Crippen LogP contribution < -0.4 is 4.72 Å². The monoisotopic (exact) mass is 428 g/mol. The van der Waals surface area contributed by atoms with Gasteiger partial charge < -0.3 is 0 Å². The lowest BCUT2D eigenvalue weighted by Crippen LogP contribution is -2.47. The van der Waals surface area contributed by atoms with Crippen LogP contribution in [0.4, 0.5) is 4.39 Å². The lowest BCUT2D eigenvalue weighted by atomic mass is 9.88. The molecule has 2 aromatic rings. The van der Waals surface area contributed by atoms with E-state index in [9.17, 15) is 12.8 Å². The summed E-state index contributed by atoms with van der Waals surface area (Å²) < 4.78 is 42.0. The number of rotatable bonds is 8. The average Bonchev–Trinajstić information content (AvgIpc) is 3.42. The fourth-order valence-electron chi connectivity index (χ4n) is 4.92. The zero-order valence-corrected chi connectivity index (χ0v) is 18.0. The Hall–Kier alpha value is -1.76. The second-order valence-electron chi connectivity index (χ2n) is 9.15. The molecule has 30 heavy (non-hydrogen) atoms. The summed E-state index contributed by atoms with van der Waals surface area (Å²) in [6.45, 7) is 2.25. The highest BCUT2D eigenvalue weighted by atomic mass is 32.2. The van der Waals surface area contributed by atoms with Crippen LogP contribution in [0.3, 0.4) is 0 Å². The van der Waals surface area contributed by atoms with Gasteiger partial charge in [0.15, 0.2) is 0 Å². The van der Waals surface area contributed by atoms with Crippen LogP contribution in [-0.2, 0) is 29.4 Å². The first-order valence-electron chi connectivity index (χ1n) is 11.0. The minimum absolute atomic E-state index is 0.0284. The molecule has 0 radical (unpaired) electrons. The number of nitrogens with zero attached hydrogens (tertiary/aromatic N) is 1. The average molecular weight is 429 g/mol. The minimum atomic E-state index is -3.35. The molecule has 160 valence electrons. The molecule has 2 unspecified atom stereocenters. The first-order valence-corrected chi connectivity index (χ1v) is 12.7. The molecule has 1 saturated heterocycles. The topological polar surface area (TPSA) is 49.4 Å². The largest absolute Gasteiger partial charge is 0.299 e. The molecule has 0 amide bonds. The quantitative estimate of drug-likeness (QED) is 0.699. The fraction of sp³-hybridized carbons (Fsp3) is 0.500. The van der Waals surface area contributed by atoms with Gasteiger partial charge in [0.1, 0.15) is 5.82 Å². The summed E-state index contributed by atoms with van der Waals surface area (Å²) in [4.78, 5) is 2.52. The summed E-state index contributed by atoms with van der Waals surface area (Å²) >= 11 is 0. The molecule has 3 aliphatic rings. The predicted octanol–water partition coefficient (Wildman–Crippen LogP) is 3.61. The Balaban J connectivity index is 1.39. The first kappa shape index (κ1) is 20.2. The lowest BCUT2D eigenvalue weighted by molar-refractivity contribution is 0.106. The highest BCUT2D eigenvalue weighted by Crippen LogP contribution is 2.41. The molecule has 0 bridgehead atoms. The van der Waals surface area contributed by atoms with Gasteiger partial charge in [0.25, 0.3) is 0 Å². The molecule has 2 aromatic carbocycles. The Kier molecular flexibility index (Phi) is 5.42. The van der Waals surface area contributed by atoms with E-state index in [1.807, 2.05) is 12.1 Å². The van der Waals surface area contributed by atoms with Crippen LogP contribution in [0.5, 0.6) is 0 Å². The lowest BCUT2D eigenvalue weighted by Gasteiger charge is -2.39. The van der Waals surface area contributed by atoms with Gasteiger partial charge in [0.2, 0.25) is 10.0 Å². The van der Waals surface area contributed by atoms with E-state index < -0.39 is 10.0 Å². The van der Waals surface area contributed by atoms with Crippen LogP contribution in [0.15, 0.2) is 42.5 Å². The van der Waals surface area contributed by atoms with E-state index in [0.717, 1.165) is 44.3 Å². The maximum atomic E-state index is 14.8. The minimum Gasteiger partial charge on any atom is -0.299 e. The molecule has 6 heteroatoms. The second-order valence-corrected chi connectivity index (χ2v) is 11.0. The molecular formula is C24H29FN2O2S. The number of nitrogens with one attached hydrogen (secondary N) is 1. The molecule has 2 atom stereocenters. The van der Waals surface area contributed by atoms with Gasteiger partial charge in [0.05, 0.1) is 5.75 Å². The highest BCUT2D eigenvalue weighted by Gasteiger charge is 2.39. The predicted molar refractivity (Wildman–Crippen MR) is 116 cm³/mol. The van der Waals surface area contributed by atoms with Crippen molar-refractivity contribution in [3.8, 4) is 0 Å². The van der Waals surface area contributed by atoms with Gasteiger partial charge in [-0.2, -0.15) is 0 Å². The molecule has 1 aliphatic heterocycles. The zero-order valence-electron chi connectivity index (χ0n) is 17.2. The number of benzene rings is 2. The number of halogens is 1. The summed E-state index contributed by atoms with van der Waals surface area (Å²) in [6, 6.07) is 14.4. The van der Waals surface area contributed by atoms with E-state index in [4.69, 9.17) is 0 Å². The SMILES string of the molecule is O=S(=O)(CC1CC1)NCc1cc2c(cc1F)CC(N1CCC1)C2Cc1ccccc1. The molecule has 1 N–H and O–H groups in total. The summed E-state index contributed by atoms with van der Waals surface area (Å²) in [6.07, 6.45) is 4.98. The molecule has 4 nitrogen and oxygen atoms in total. The van der Waals surface area contributed by atoms with Crippen molar-refractivity contribution in [2.24, 2.45) is 5.92 Å². The summed E-state index contributed by atoms with van der Waals surface area (Å²) in [7, 11) is -3.35. The molecule has 5 rings (SSSR count). The molecule has 2 fully saturated rings. The van der Waals surface area contributed by atoms with Crippen molar-refractivity contribution >= 4 is 10.0 Å². The van der Waals surface area contributed by atoms with Crippen LogP contribution >= 0.6 is 0 Å². The van der Waals surface area contributed by atoms with Crippen LogP contribution in [0.1, 0.15) is 47.4 Å². The van der Waals surface area contributed by atoms with Gasteiger partial charge in [-0.25, -0.2) is 17.5 Å². The Morgan fingerprint density at radius 2 is 1.87 bits per heavy atom. The van der Waals surface area contributed by atoms with Crippen molar-refractivity contribution in [1.82, 2.24) is 9.62 Å². The molecule has 2 aliphatic carbocycles. The summed E-state index contributed by atoms with van der Waals surface area (Å²) in [5.41, 5.74) is 4.01. The van der Waals surface area contributed by atoms with Crippen LogP contribution in [0, 0.1) is 11.7 Å². The third-order valence-corrected chi connectivity index (χ3v) is 8.39. The zero-order chi connectivity index (χ0) is 20.7. The van der Waals surface area contributed by atoms with Crippen molar-refractivity contribution in [2.45, 2.75) is 50.6 Å². The van der Waals surface area contributed by atoms with Gasteiger partial charge in [-0.05, 0) is 73.9 Å². The Labute approximate surface area is 178 Å². The second kappa shape index (κ2) is 8.06. The van der Waals surface area contributed by atoms with Gasteiger partial charge in [-0.1, -0.05) is 36.4 Å². The maximum absolute atomic E-state index is 14.8. The molecule has 1 heterocycles. The maximum Gasteiger partial charge on any atom is 0.212 e. The van der Waals surface area contributed by atoms with Crippen LogP contribution in [0.2, 0.25) is 0 Å². The molecular weight excluding hydrogens is 399 g/mol. The first-order chi connectivity index (χ1) is 14.5. The molecule has 0 aromatic heterocycles. The van der Waals surface area contributed by atoms with Gasteiger partial charge in [-0.15, -0.1) is 0 Å². The van der Waals surface area contributed by atoms with Crippen molar-refractivity contribution < 1.29 is 12.8 Å². The van der Waals surface area contributed by atoms with Gasteiger partial charge in [-0.3, -0.25) is 4.90 Å². The number of hydrogen-bond donors (Lipinski definition) is 1. The number of likely N-dealkylation sites (tertiary alicyclic amines) is 1. The van der Waals surface area contributed by atoms with Crippen molar-refractivity contribution in [1.29, 1.82) is 0 Å². The number of fused-ring (bicyclic) bond motifs is 1. The fourth-order valence-corrected chi connectivity index (χ4v) is 6.37. The van der Waals surface area contributed by atoms with E-state index in [1.165, 1.54) is 17.5 Å². The number of hydrogen-bond acceptors (Lipinski definition) is 3. The summed E-state index contributed by atoms with van der Waals surface area (Å²) in [5, 5.41) is 0.